The number of carbonyl (C=O) groups is 1. The minimum absolute atomic E-state index is 0.0561. The van der Waals surface area contributed by atoms with E-state index in [9.17, 15) is 13.2 Å². The first-order valence-corrected chi connectivity index (χ1v) is 7.80. The highest BCUT2D eigenvalue weighted by molar-refractivity contribution is 8.15. The van der Waals surface area contributed by atoms with Crippen LogP contribution in [0.2, 0.25) is 0 Å². The number of aryl methyl sites for hydroxylation is 1. The van der Waals surface area contributed by atoms with E-state index in [1.165, 1.54) is 6.07 Å². The van der Waals surface area contributed by atoms with Crippen molar-refractivity contribution < 1.29 is 18.3 Å². The van der Waals surface area contributed by atoms with Gasteiger partial charge >= 0.3 is 15.3 Å². The zero-order valence-corrected chi connectivity index (χ0v) is 12.7. The first kappa shape index (κ1) is 15.8. The molecule has 0 aromatic heterocycles. The van der Waals surface area contributed by atoms with Gasteiger partial charge in [0.15, 0.2) is 0 Å². The molecule has 0 saturated carbocycles. The van der Waals surface area contributed by atoms with Crippen LogP contribution in [0.4, 0.5) is 10.5 Å². The second-order valence-corrected chi connectivity index (χ2v) is 7.62. The fourth-order valence-corrected chi connectivity index (χ4v) is 2.72. The molecule has 0 bridgehead atoms. The molecule has 1 rings (SSSR count). The minimum Gasteiger partial charge on any atom is -0.464 e. The Bertz CT molecular complexity index is 605. The van der Waals surface area contributed by atoms with Gasteiger partial charge in [-0.05, 0) is 24.0 Å². The molecule has 7 heteroatoms. The van der Waals surface area contributed by atoms with E-state index in [-0.39, 0.29) is 9.99 Å². The maximum atomic E-state index is 11.4. The highest BCUT2D eigenvalue weighted by Crippen LogP contribution is 2.34. The third-order valence-corrected chi connectivity index (χ3v) is 3.77. The number of amides is 1. The predicted molar refractivity (Wildman–Crippen MR) is 75.2 cm³/mol. The van der Waals surface area contributed by atoms with Gasteiger partial charge in [-0.15, -0.1) is 0 Å². The second kappa shape index (κ2) is 5.02. The van der Waals surface area contributed by atoms with Gasteiger partial charge < -0.3 is 5.11 Å². The van der Waals surface area contributed by atoms with Gasteiger partial charge in [0.05, 0.1) is 5.69 Å². The van der Waals surface area contributed by atoms with E-state index in [0.717, 1.165) is 5.56 Å². The summed E-state index contributed by atoms with van der Waals surface area (Å²) in [6.07, 6.45) is -1.63. The SMILES string of the molecule is Cc1ccc(N(C(=O)O)S(=O)(=O)Cl)c(C(C)(C)C)c1. The Hall–Kier alpha value is -1.27. The number of rotatable bonds is 2. The molecule has 106 valence electrons. The fraction of sp³-hybridized carbons (Fsp3) is 0.417. The molecule has 0 radical (unpaired) electrons. The molecular weight excluding hydrogens is 290 g/mol. The molecule has 19 heavy (non-hydrogen) atoms. The van der Waals surface area contributed by atoms with Crippen LogP contribution in [0.3, 0.4) is 0 Å². The summed E-state index contributed by atoms with van der Waals surface area (Å²) in [7, 11) is 0.801. The van der Waals surface area contributed by atoms with Crippen LogP contribution in [0, 0.1) is 6.92 Å². The second-order valence-electron chi connectivity index (χ2n) is 5.26. The fourth-order valence-electron chi connectivity index (χ4n) is 1.74. The Balaban J connectivity index is 3.62. The number of halogens is 1. The third-order valence-electron chi connectivity index (χ3n) is 2.57. The number of anilines is 1. The molecule has 0 spiro atoms. The molecule has 1 N–H and O–H groups in total. The molecule has 0 heterocycles. The van der Waals surface area contributed by atoms with Crippen molar-refractivity contribution >= 4 is 31.7 Å². The molecule has 1 aromatic rings. The van der Waals surface area contributed by atoms with Gasteiger partial charge in [-0.3, -0.25) is 0 Å². The molecule has 5 nitrogen and oxygen atoms in total. The van der Waals surface area contributed by atoms with Crippen LogP contribution in [0.25, 0.3) is 0 Å². The lowest BCUT2D eigenvalue weighted by Gasteiger charge is -2.26. The molecule has 0 aliphatic rings. The Morgan fingerprint density at radius 3 is 2.21 bits per heavy atom. The summed E-state index contributed by atoms with van der Waals surface area (Å²) >= 11 is 0. The summed E-state index contributed by atoms with van der Waals surface area (Å²) in [5, 5.41) is 9.08. The van der Waals surface area contributed by atoms with Crippen molar-refractivity contribution in [3.05, 3.63) is 29.3 Å². The van der Waals surface area contributed by atoms with E-state index in [0.29, 0.717) is 5.56 Å². The molecule has 0 unspecified atom stereocenters. The van der Waals surface area contributed by atoms with Crippen molar-refractivity contribution in [3.8, 4) is 0 Å². The number of hydrogen-bond donors (Lipinski definition) is 1. The van der Waals surface area contributed by atoms with Crippen LogP contribution < -0.4 is 4.31 Å². The van der Waals surface area contributed by atoms with Crippen molar-refractivity contribution in [2.75, 3.05) is 4.31 Å². The van der Waals surface area contributed by atoms with Gasteiger partial charge in [0.25, 0.3) is 0 Å². The van der Waals surface area contributed by atoms with Gasteiger partial charge in [0.2, 0.25) is 0 Å². The Morgan fingerprint density at radius 1 is 1.32 bits per heavy atom. The molecule has 0 aliphatic heterocycles. The summed E-state index contributed by atoms with van der Waals surface area (Å²) < 4.78 is 23.1. The molecule has 1 aromatic carbocycles. The first-order chi connectivity index (χ1) is 8.44. The maximum absolute atomic E-state index is 11.4. The average Bonchev–Trinajstić information content (AvgIpc) is 2.16. The first-order valence-electron chi connectivity index (χ1n) is 5.53. The molecule has 1 amide bonds. The standard InChI is InChI=1S/C12H16ClNO4S/c1-8-5-6-10(9(7-8)12(2,3)4)14(11(15)16)19(13,17)18/h5-7H,1-4H3,(H,15,16). The van der Waals surface area contributed by atoms with E-state index in [4.69, 9.17) is 15.8 Å². The van der Waals surface area contributed by atoms with Crippen molar-refractivity contribution in [2.24, 2.45) is 0 Å². The number of carboxylic acid groups (broad SMARTS) is 1. The minimum atomic E-state index is -4.41. The van der Waals surface area contributed by atoms with Gasteiger partial charge in [0.1, 0.15) is 0 Å². The van der Waals surface area contributed by atoms with Crippen LogP contribution >= 0.6 is 10.7 Å². The Labute approximate surface area is 117 Å². The maximum Gasteiger partial charge on any atom is 0.426 e. The Kier molecular flexibility index (Phi) is 4.17. The summed E-state index contributed by atoms with van der Waals surface area (Å²) in [6, 6.07) is 4.85. The monoisotopic (exact) mass is 305 g/mol. The van der Waals surface area contributed by atoms with Crippen LogP contribution in [0.15, 0.2) is 18.2 Å². The van der Waals surface area contributed by atoms with Crippen LogP contribution in [0.1, 0.15) is 31.9 Å². The smallest absolute Gasteiger partial charge is 0.426 e. The van der Waals surface area contributed by atoms with E-state index in [2.05, 4.69) is 0 Å². The summed E-state index contributed by atoms with van der Waals surface area (Å²) in [5.74, 6) is 0. The van der Waals surface area contributed by atoms with E-state index in [1.54, 1.807) is 12.1 Å². The molecule has 0 saturated heterocycles. The quantitative estimate of drug-likeness (QED) is 0.851. The van der Waals surface area contributed by atoms with Crippen molar-refractivity contribution in [2.45, 2.75) is 33.1 Å². The number of hydrogen-bond acceptors (Lipinski definition) is 3. The lowest BCUT2D eigenvalue weighted by molar-refractivity contribution is 0.206. The summed E-state index contributed by atoms with van der Waals surface area (Å²) in [5.41, 5.74) is 1.14. The number of benzene rings is 1. The normalized spacial score (nSPS) is 12.3. The van der Waals surface area contributed by atoms with E-state index < -0.39 is 20.7 Å². The average molecular weight is 306 g/mol. The van der Waals surface area contributed by atoms with Crippen molar-refractivity contribution in [1.82, 2.24) is 0 Å². The zero-order chi connectivity index (χ0) is 15.0. The van der Waals surface area contributed by atoms with Crippen LogP contribution in [-0.4, -0.2) is 19.6 Å². The predicted octanol–water partition coefficient (Wildman–Crippen LogP) is 3.26. The third kappa shape index (κ3) is 3.61. The van der Waals surface area contributed by atoms with E-state index in [1.807, 2.05) is 27.7 Å². The number of nitrogens with zero attached hydrogens (tertiary/aromatic N) is 1. The summed E-state index contributed by atoms with van der Waals surface area (Å²) in [6.45, 7) is 7.45. The van der Waals surface area contributed by atoms with Gasteiger partial charge in [0, 0.05) is 10.7 Å². The van der Waals surface area contributed by atoms with E-state index >= 15 is 0 Å². The molecular formula is C12H16ClNO4S. The highest BCUT2D eigenvalue weighted by Gasteiger charge is 2.32. The molecule has 0 atom stereocenters. The summed E-state index contributed by atoms with van der Waals surface area (Å²) in [4.78, 5) is 11.2. The topological polar surface area (TPSA) is 74.7 Å². The van der Waals surface area contributed by atoms with Gasteiger partial charge in [-0.1, -0.05) is 38.5 Å². The molecule has 0 aliphatic carbocycles. The highest BCUT2D eigenvalue weighted by atomic mass is 35.7. The van der Waals surface area contributed by atoms with Crippen LogP contribution in [0.5, 0.6) is 0 Å². The van der Waals surface area contributed by atoms with Gasteiger partial charge in [-0.25, -0.2) is 4.79 Å². The largest absolute Gasteiger partial charge is 0.464 e. The van der Waals surface area contributed by atoms with Crippen molar-refractivity contribution in [1.29, 1.82) is 0 Å². The molecule has 0 fully saturated rings. The lowest BCUT2D eigenvalue weighted by atomic mass is 9.85. The van der Waals surface area contributed by atoms with Crippen LogP contribution in [-0.2, 0) is 14.7 Å². The van der Waals surface area contributed by atoms with Crippen molar-refractivity contribution in [3.63, 3.8) is 0 Å². The zero-order valence-electron chi connectivity index (χ0n) is 11.1. The van der Waals surface area contributed by atoms with Gasteiger partial charge in [-0.2, -0.15) is 12.7 Å². The Morgan fingerprint density at radius 2 is 1.84 bits per heavy atom. The lowest BCUT2D eigenvalue weighted by Crippen LogP contribution is -2.34.